The van der Waals surface area contributed by atoms with Gasteiger partial charge in [0.15, 0.2) is 0 Å². The first-order valence-electron chi connectivity index (χ1n) is 17.7. The third kappa shape index (κ3) is 10.4. The van der Waals surface area contributed by atoms with E-state index >= 15 is 0 Å². The number of benzene rings is 3. The summed E-state index contributed by atoms with van der Waals surface area (Å²) in [6.45, 7) is 13.8. The lowest BCUT2D eigenvalue weighted by atomic mass is 10.1. The van der Waals surface area contributed by atoms with Crippen molar-refractivity contribution in [3.63, 3.8) is 0 Å². The number of amides is 3. The molecule has 9 heteroatoms. The molecule has 50 heavy (non-hydrogen) atoms. The van der Waals surface area contributed by atoms with Crippen molar-refractivity contribution in [3.05, 3.63) is 102 Å². The molecule has 9 nitrogen and oxygen atoms in total. The van der Waals surface area contributed by atoms with Crippen LogP contribution in [-0.4, -0.2) is 64.3 Å². The van der Waals surface area contributed by atoms with Crippen LogP contribution in [0.3, 0.4) is 0 Å². The second-order valence-corrected chi connectivity index (χ2v) is 15.2. The van der Waals surface area contributed by atoms with E-state index in [-0.39, 0.29) is 18.0 Å². The monoisotopic (exact) mass is 680 g/mol. The highest BCUT2D eigenvalue weighted by atomic mass is 16.6. The molecule has 0 radical (unpaired) electrons. The highest BCUT2D eigenvalue weighted by molar-refractivity contribution is 5.96. The summed E-state index contributed by atoms with van der Waals surface area (Å²) in [5.74, 6) is -0.200. The van der Waals surface area contributed by atoms with Gasteiger partial charge in [0.1, 0.15) is 17.2 Å². The van der Waals surface area contributed by atoms with E-state index in [0.717, 1.165) is 36.1 Å². The Hall–Kier alpha value is -4.79. The highest BCUT2D eigenvalue weighted by Gasteiger charge is 2.36. The number of hydrogen-bond donors (Lipinski definition) is 1. The molecule has 0 aliphatic carbocycles. The SMILES string of the molecule is CC(C)(C)OC(=O)N1CCCC1C=Cc1ccc(CN(Cc2ccc(NC(=O)C3CCCN3C(=O)OC(C)(C)C)cc2)c2ccccc2)cc1. The lowest BCUT2D eigenvalue weighted by molar-refractivity contribution is -0.120. The molecule has 0 saturated carbocycles. The Morgan fingerprint density at radius 1 is 0.740 bits per heavy atom. The minimum Gasteiger partial charge on any atom is -0.444 e. The topological polar surface area (TPSA) is 91.4 Å². The number of nitrogens with zero attached hydrogens (tertiary/aromatic N) is 3. The van der Waals surface area contributed by atoms with E-state index in [1.807, 2.05) is 88.9 Å². The number of nitrogens with one attached hydrogen (secondary N) is 1. The Morgan fingerprint density at radius 3 is 1.88 bits per heavy atom. The van der Waals surface area contributed by atoms with Crippen molar-refractivity contribution in [2.24, 2.45) is 0 Å². The first-order chi connectivity index (χ1) is 23.7. The van der Waals surface area contributed by atoms with Crippen molar-refractivity contribution < 1.29 is 23.9 Å². The van der Waals surface area contributed by atoms with Crippen LogP contribution in [-0.2, 0) is 27.4 Å². The fourth-order valence-electron chi connectivity index (χ4n) is 6.31. The van der Waals surface area contributed by atoms with Gasteiger partial charge < -0.3 is 24.6 Å². The van der Waals surface area contributed by atoms with Crippen LogP contribution >= 0.6 is 0 Å². The third-order valence-corrected chi connectivity index (χ3v) is 8.69. The van der Waals surface area contributed by atoms with Gasteiger partial charge in [0, 0.05) is 37.6 Å². The molecule has 2 fully saturated rings. The van der Waals surface area contributed by atoms with E-state index in [1.165, 1.54) is 10.5 Å². The summed E-state index contributed by atoms with van der Waals surface area (Å²) in [4.78, 5) is 44.2. The molecule has 0 bridgehead atoms. The maximum absolute atomic E-state index is 13.2. The molecule has 266 valence electrons. The van der Waals surface area contributed by atoms with Crippen LogP contribution in [0.2, 0.25) is 0 Å². The third-order valence-electron chi connectivity index (χ3n) is 8.69. The van der Waals surface area contributed by atoms with Gasteiger partial charge in [-0.15, -0.1) is 0 Å². The van der Waals surface area contributed by atoms with Gasteiger partial charge in [0.25, 0.3) is 0 Å². The Labute approximate surface area is 297 Å². The first-order valence-corrected chi connectivity index (χ1v) is 17.7. The largest absolute Gasteiger partial charge is 0.444 e. The van der Waals surface area contributed by atoms with Crippen LogP contribution in [0.1, 0.15) is 83.9 Å². The van der Waals surface area contributed by atoms with E-state index < -0.39 is 23.3 Å². The summed E-state index contributed by atoms with van der Waals surface area (Å²) >= 11 is 0. The number of ether oxygens (including phenoxy) is 2. The molecule has 0 aromatic heterocycles. The molecule has 2 aliphatic heterocycles. The zero-order valence-electron chi connectivity index (χ0n) is 30.4. The van der Waals surface area contributed by atoms with Crippen LogP contribution in [0, 0.1) is 0 Å². The van der Waals surface area contributed by atoms with Crippen molar-refractivity contribution in [1.29, 1.82) is 0 Å². The van der Waals surface area contributed by atoms with Gasteiger partial charge in [-0.2, -0.15) is 0 Å². The number of para-hydroxylation sites is 1. The molecule has 2 heterocycles. The van der Waals surface area contributed by atoms with Gasteiger partial charge in [-0.3, -0.25) is 9.69 Å². The predicted molar refractivity (Wildman–Crippen MR) is 199 cm³/mol. The van der Waals surface area contributed by atoms with Crippen LogP contribution in [0.5, 0.6) is 0 Å². The zero-order chi connectivity index (χ0) is 35.9. The number of likely N-dealkylation sites (tertiary alicyclic amines) is 2. The van der Waals surface area contributed by atoms with Crippen molar-refractivity contribution in [2.75, 3.05) is 23.3 Å². The number of hydrogen-bond acceptors (Lipinski definition) is 6. The molecule has 1 N–H and O–H groups in total. The summed E-state index contributed by atoms with van der Waals surface area (Å²) in [6.07, 6.45) is 6.77. The molecule has 3 aromatic rings. The first kappa shape index (κ1) is 36.5. The van der Waals surface area contributed by atoms with Crippen molar-refractivity contribution in [2.45, 2.75) is 104 Å². The van der Waals surface area contributed by atoms with Crippen molar-refractivity contribution >= 4 is 35.5 Å². The van der Waals surface area contributed by atoms with Crippen LogP contribution in [0.15, 0.2) is 84.9 Å². The molecule has 2 atom stereocenters. The maximum Gasteiger partial charge on any atom is 0.410 e. The molecular weight excluding hydrogens is 628 g/mol. The van der Waals surface area contributed by atoms with E-state index in [1.54, 1.807) is 0 Å². The molecule has 5 rings (SSSR count). The molecule has 2 saturated heterocycles. The Bertz CT molecular complexity index is 1620. The van der Waals surface area contributed by atoms with Gasteiger partial charge >= 0.3 is 12.2 Å². The summed E-state index contributed by atoms with van der Waals surface area (Å²) in [5.41, 5.74) is 4.04. The van der Waals surface area contributed by atoms with Crippen LogP contribution < -0.4 is 10.2 Å². The van der Waals surface area contributed by atoms with Gasteiger partial charge in [0.05, 0.1) is 6.04 Å². The minimum atomic E-state index is -0.617. The summed E-state index contributed by atoms with van der Waals surface area (Å²) in [7, 11) is 0. The fourth-order valence-corrected chi connectivity index (χ4v) is 6.31. The highest BCUT2D eigenvalue weighted by Crippen LogP contribution is 2.26. The maximum atomic E-state index is 13.2. The lowest BCUT2D eigenvalue weighted by Gasteiger charge is -2.28. The average molecular weight is 681 g/mol. The smallest absolute Gasteiger partial charge is 0.410 e. The average Bonchev–Trinajstić information content (AvgIpc) is 3.75. The Morgan fingerprint density at radius 2 is 1.28 bits per heavy atom. The van der Waals surface area contributed by atoms with E-state index in [2.05, 4.69) is 58.8 Å². The van der Waals surface area contributed by atoms with Crippen LogP contribution in [0.25, 0.3) is 6.08 Å². The number of rotatable bonds is 9. The molecule has 0 spiro atoms. The molecule has 3 amide bonds. The van der Waals surface area contributed by atoms with E-state index in [4.69, 9.17) is 9.47 Å². The van der Waals surface area contributed by atoms with Crippen molar-refractivity contribution in [1.82, 2.24) is 9.80 Å². The van der Waals surface area contributed by atoms with E-state index in [0.29, 0.717) is 38.3 Å². The predicted octanol–water partition coefficient (Wildman–Crippen LogP) is 8.64. The summed E-state index contributed by atoms with van der Waals surface area (Å²) < 4.78 is 11.1. The Kier molecular flexibility index (Phi) is 11.6. The molecular formula is C41H52N4O5. The van der Waals surface area contributed by atoms with E-state index in [9.17, 15) is 14.4 Å². The normalized spacial score (nSPS) is 18.0. The number of carbonyl (C=O) groups is 3. The van der Waals surface area contributed by atoms with Gasteiger partial charge in [-0.05, 0) is 108 Å². The molecule has 2 unspecified atom stereocenters. The standard InChI is InChI=1S/C41H52N4O5/c1-40(2,3)49-38(47)44-26-10-14-35(44)25-22-30-16-18-31(19-17-30)28-43(34-12-8-7-9-13-34)29-32-20-23-33(24-21-32)42-37(46)36-15-11-27-45(36)39(48)50-41(4,5)6/h7-9,12-13,16-25,35-36H,10-11,14-15,26-29H2,1-6H3,(H,42,46). The Balaban J connectivity index is 1.20. The summed E-state index contributed by atoms with van der Waals surface area (Å²) in [6, 6.07) is 26.2. The number of anilines is 2. The lowest BCUT2D eigenvalue weighted by Crippen LogP contribution is -2.45. The summed E-state index contributed by atoms with van der Waals surface area (Å²) in [5, 5.41) is 3.00. The molecule has 3 aromatic carbocycles. The van der Waals surface area contributed by atoms with Crippen LogP contribution in [0.4, 0.5) is 21.0 Å². The zero-order valence-corrected chi connectivity index (χ0v) is 30.4. The van der Waals surface area contributed by atoms with Gasteiger partial charge in [0.2, 0.25) is 5.91 Å². The van der Waals surface area contributed by atoms with Crippen molar-refractivity contribution in [3.8, 4) is 0 Å². The second kappa shape index (κ2) is 15.8. The van der Waals surface area contributed by atoms with Gasteiger partial charge in [-0.25, -0.2) is 9.59 Å². The quantitative estimate of drug-likeness (QED) is 0.243. The van der Waals surface area contributed by atoms with Gasteiger partial charge in [-0.1, -0.05) is 66.7 Å². The fraction of sp³-hybridized carbons (Fsp3) is 0.439. The molecule has 2 aliphatic rings. The second-order valence-electron chi connectivity index (χ2n) is 15.2. The number of carbonyl (C=O) groups excluding carboxylic acids is 3. The minimum absolute atomic E-state index is 0.0347.